The normalized spacial score (nSPS) is 16.6. The highest BCUT2D eigenvalue weighted by Gasteiger charge is 2.34. The molecule has 3 heterocycles. The van der Waals surface area contributed by atoms with Crippen molar-refractivity contribution in [3.63, 3.8) is 0 Å². The Balaban J connectivity index is 1.42. The van der Waals surface area contributed by atoms with Crippen LogP contribution in [0.25, 0.3) is 28.1 Å². The maximum absolute atomic E-state index is 13.4. The third kappa shape index (κ3) is 2.98. The maximum atomic E-state index is 13.4. The summed E-state index contributed by atoms with van der Waals surface area (Å²) in [5, 5.41) is 15.2. The highest BCUT2D eigenvalue weighted by Crippen LogP contribution is 2.31. The summed E-state index contributed by atoms with van der Waals surface area (Å²) in [4.78, 5) is 6.11. The largest absolute Gasteiger partial charge is 0.371 e. The molecule has 0 bridgehead atoms. The number of fused-ring (bicyclic) bond motifs is 1. The zero-order valence-electron chi connectivity index (χ0n) is 14.9. The lowest BCUT2D eigenvalue weighted by Gasteiger charge is -2.33. The molecular weight excluding hydrogens is 364 g/mol. The summed E-state index contributed by atoms with van der Waals surface area (Å²) in [6, 6.07) is 13.5. The molecule has 0 aliphatic carbocycles. The van der Waals surface area contributed by atoms with E-state index in [9.17, 15) is 8.78 Å². The second-order valence-corrected chi connectivity index (χ2v) is 6.90. The average molecular weight is 381 g/mol. The number of aromatic amines is 1. The minimum absolute atomic E-state index is 0.116. The van der Waals surface area contributed by atoms with E-state index in [-0.39, 0.29) is 12.8 Å². The quantitative estimate of drug-likeness (QED) is 0.588. The Morgan fingerprint density at radius 1 is 0.964 bits per heavy atom. The molecular formula is C19H17F2N7. The Morgan fingerprint density at radius 2 is 1.71 bits per heavy atom. The fraction of sp³-hybridized carbons (Fsp3) is 0.263. The number of piperidine rings is 1. The lowest BCUT2D eigenvalue weighted by Crippen LogP contribution is -2.39. The monoisotopic (exact) mass is 381 g/mol. The van der Waals surface area contributed by atoms with E-state index >= 15 is 0 Å². The molecule has 0 unspecified atom stereocenters. The molecule has 1 aliphatic rings. The molecule has 7 nitrogen and oxygen atoms in total. The van der Waals surface area contributed by atoms with Crippen LogP contribution in [0, 0.1) is 0 Å². The Kier molecular flexibility index (Phi) is 3.81. The SMILES string of the molecule is FC1(F)CCN(c2ccc3c(c2)nnn3-c2ccc(-c3ncn[nH]3)cc2)CC1. The third-order valence-corrected chi connectivity index (χ3v) is 5.09. The van der Waals surface area contributed by atoms with Gasteiger partial charge in [0.2, 0.25) is 0 Å². The Labute approximate surface area is 159 Å². The lowest BCUT2D eigenvalue weighted by atomic mass is 10.1. The van der Waals surface area contributed by atoms with Gasteiger partial charge in [-0.15, -0.1) is 5.10 Å². The van der Waals surface area contributed by atoms with Crippen LogP contribution in [0.5, 0.6) is 0 Å². The molecule has 28 heavy (non-hydrogen) atoms. The van der Waals surface area contributed by atoms with Crippen molar-refractivity contribution in [1.29, 1.82) is 0 Å². The second-order valence-electron chi connectivity index (χ2n) is 6.90. The summed E-state index contributed by atoms with van der Waals surface area (Å²) in [7, 11) is 0. The van der Waals surface area contributed by atoms with E-state index < -0.39 is 5.92 Å². The minimum Gasteiger partial charge on any atom is -0.371 e. The van der Waals surface area contributed by atoms with Crippen LogP contribution < -0.4 is 4.90 Å². The number of halogens is 2. The zero-order valence-corrected chi connectivity index (χ0v) is 14.9. The van der Waals surface area contributed by atoms with E-state index in [1.807, 2.05) is 47.4 Å². The number of alkyl halides is 2. The molecule has 4 aromatic rings. The smallest absolute Gasteiger partial charge is 0.251 e. The number of nitrogens with zero attached hydrogens (tertiary/aromatic N) is 6. The van der Waals surface area contributed by atoms with Crippen molar-refractivity contribution in [2.45, 2.75) is 18.8 Å². The number of benzene rings is 2. The van der Waals surface area contributed by atoms with Gasteiger partial charge in [0, 0.05) is 37.2 Å². The first kappa shape index (κ1) is 16.8. The van der Waals surface area contributed by atoms with E-state index in [0.717, 1.165) is 28.0 Å². The summed E-state index contributed by atoms with van der Waals surface area (Å²) < 4.78 is 28.5. The molecule has 2 aromatic carbocycles. The first-order valence-corrected chi connectivity index (χ1v) is 9.03. The highest BCUT2D eigenvalue weighted by atomic mass is 19.3. The Morgan fingerprint density at radius 3 is 2.43 bits per heavy atom. The van der Waals surface area contributed by atoms with Gasteiger partial charge in [0.05, 0.1) is 11.2 Å². The number of hydrogen-bond donors (Lipinski definition) is 1. The summed E-state index contributed by atoms with van der Waals surface area (Å²) in [5.41, 5.74) is 4.29. The number of rotatable bonds is 3. The molecule has 2 aromatic heterocycles. The number of H-pyrrole nitrogens is 1. The van der Waals surface area contributed by atoms with Crippen LogP contribution in [0.15, 0.2) is 48.8 Å². The van der Waals surface area contributed by atoms with Gasteiger partial charge < -0.3 is 4.90 Å². The van der Waals surface area contributed by atoms with Crippen LogP contribution in [0.1, 0.15) is 12.8 Å². The van der Waals surface area contributed by atoms with Crippen LogP contribution in [0.2, 0.25) is 0 Å². The highest BCUT2D eigenvalue weighted by molar-refractivity contribution is 5.80. The first-order valence-electron chi connectivity index (χ1n) is 9.03. The zero-order chi connectivity index (χ0) is 19.1. The Bertz CT molecular complexity index is 1090. The van der Waals surface area contributed by atoms with Crippen LogP contribution >= 0.6 is 0 Å². The van der Waals surface area contributed by atoms with Gasteiger partial charge >= 0.3 is 0 Å². The van der Waals surface area contributed by atoms with Crippen LogP contribution in [0.4, 0.5) is 14.5 Å². The first-order chi connectivity index (χ1) is 13.6. The van der Waals surface area contributed by atoms with Crippen molar-refractivity contribution < 1.29 is 8.78 Å². The van der Waals surface area contributed by atoms with Crippen molar-refractivity contribution in [3.8, 4) is 17.1 Å². The average Bonchev–Trinajstić information content (AvgIpc) is 3.38. The molecule has 9 heteroatoms. The van der Waals surface area contributed by atoms with Gasteiger partial charge in [-0.25, -0.2) is 18.4 Å². The van der Waals surface area contributed by atoms with E-state index in [4.69, 9.17) is 0 Å². The predicted molar refractivity (Wildman–Crippen MR) is 101 cm³/mol. The van der Waals surface area contributed by atoms with Gasteiger partial charge in [0.15, 0.2) is 5.82 Å². The van der Waals surface area contributed by atoms with Crippen molar-refractivity contribution in [2.75, 3.05) is 18.0 Å². The molecule has 142 valence electrons. The number of aromatic nitrogens is 6. The number of anilines is 1. The second kappa shape index (κ2) is 6.36. The van der Waals surface area contributed by atoms with E-state index in [1.54, 1.807) is 4.68 Å². The third-order valence-electron chi connectivity index (χ3n) is 5.09. The molecule has 1 fully saturated rings. The minimum atomic E-state index is -2.55. The van der Waals surface area contributed by atoms with E-state index in [2.05, 4.69) is 25.5 Å². The number of hydrogen-bond acceptors (Lipinski definition) is 5. The summed E-state index contributed by atoms with van der Waals surface area (Å²) >= 11 is 0. The van der Waals surface area contributed by atoms with E-state index in [0.29, 0.717) is 18.9 Å². The molecule has 0 amide bonds. The van der Waals surface area contributed by atoms with Crippen LogP contribution in [-0.2, 0) is 0 Å². The van der Waals surface area contributed by atoms with Gasteiger partial charge in [0.1, 0.15) is 11.8 Å². The molecule has 0 atom stereocenters. The van der Waals surface area contributed by atoms with Crippen molar-refractivity contribution in [1.82, 2.24) is 30.2 Å². The standard InChI is InChI=1S/C19H17F2N7/c20-19(21)7-9-27(10-8-19)15-5-6-17-16(11-15)24-26-28(17)14-3-1-13(2-4-14)18-22-12-23-25-18/h1-6,11-12H,7-10H2,(H,22,23,25). The van der Waals surface area contributed by atoms with Gasteiger partial charge in [0.25, 0.3) is 5.92 Å². The molecule has 5 rings (SSSR count). The van der Waals surface area contributed by atoms with Crippen molar-refractivity contribution in [3.05, 3.63) is 48.8 Å². The Hall–Kier alpha value is -3.36. The van der Waals surface area contributed by atoms with Crippen LogP contribution in [0.3, 0.4) is 0 Å². The van der Waals surface area contributed by atoms with Crippen molar-refractivity contribution >= 4 is 16.7 Å². The fourth-order valence-corrected chi connectivity index (χ4v) is 3.50. The van der Waals surface area contributed by atoms with Gasteiger partial charge in [-0.2, -0.15) is 5.10 Å². The lowest BCUT2D eigenvalue weighted by molar-refractivity contribution is -0.0220. The summed E-state index contributed by atoms with van der Waals surface area (Å²) in [6.45, 7) is 0.686. The van der Waals surface area contributed by atoms with Gasteiger partial charge in [-0.05, 0) is 42.5 Å². The number of nitrogens with one attached hydrogen (secondary N) is 1. The molecule has 0 radical (unpaired) electrons. The van der Waals surface area contributed by atoms with Crippen molar-refractivity contribution in [2.24, 2.45) is 0 Å². The van der Waals surface area contributed by atoms with E-state index in [1.165, 1.54) is 6.33 Å². The van der Waals surface area contributed by atoms with Gasteiger partial charge in [-0.3, -0.25) is 5.10 Å². The van der Waals surface area contributed by atoms with Gasteiger partial charge in [-0.1, -0.05) is 5.21 Å². The molecule has 0 saturated carbocycles. The fourth-order valence-electron chi connectivity index (χ4n) is 3.50. The summed E-state index contributed by atoms with van der Waals surface area (Å²) in [6.07, 6.45) is 1.24. The molecule has 0 spiro atoms. The molecule has 1 saturated heterocycles. The molecule has 1 N–H and O–H groups in total. The summed E-state index contributed by atoms with van der Waals surface area (Å²) in [5.74, 6) is -1.85. The van der Waals surface area contributed by atoms with Crippen LogP contribution in [-0.4, -0.2) is 49.2 Å². The predicted octanol–water partition coefficient (Wildman–Crippen LogP) is 3.44. The molecule has 1 aliphatic heterocycles. The maximum Gasteiger partial charge on any atom is 0.251 e. The topological polar surface area (TPSA) is 75.5 Å².